The third kappa shape index (κ3) is 4.63. The molecule has 7 heteroatoms. The number of hydrogen-bond donors (Lipinski definition) is 2. The summed E-state index contributed by atoms with van der Waals surface area (Å²) in [4.78, 5) is 0. The molecule has 3 N–H and O–H groups in total. The van der Waals surface area contributed by atoms with Crippen LogP contribution in [0.2, 0.25) is 0 Å². The molecule has 2 atom stereocenters. The molecule has 0 saturated carbocycles. The first-order chi connectivity index (χ1) is 8.27. The van der Waals surface area contributed by atoms with Gasteiger partial charge in [0.05, 0.1) is 17.7 Å². The van der Waals surface area contributed by atoms with Gasteiger partial charge in [0.1, 0.15) is 5.82 Å². The van der Waals surface area contributed by atoms with Crippen molar-refractivity contribution in [3.05, 3.63) is 35.1 Å². The lowest BCUT2D eigenvalue weighted by Gasteiger charge is -2.19. The Balaban J connectivity index is 0.00000324. The van der Waals surface area contributed by atoms with E-state index in [1.165, 1.54) is 0 Å². The summed E-state index contributed by atoms with van der Waals surface area (Å²) in [6.07, 6.45) is -4.54. The average molecular weight is 302 g/mol. The van der Waals surface area contributed by atoms with Crippen LogP contribution in [0.1, 0.15) is 36.9 Å². The van der Waals surface area contributed by atoms with E-state index in [4.69, 9.17) is 5.73 Å². The highest BCUT2D eigenvalue weighted by Crippen LogP contribution is 2.32. The Morgan fingerprint density at radius 2 is 1.89 bits per heavy atom. The number of nitrogens with two attached hydrogens (primary N) is 1. The Labute approximate surface area is 115 Å². The zero-order valence-electron chi connectivity index (χ0n) is 10.2. The maximum Gasteiger partial charge on any atom is 0.419 e. The maximum absolute atomic E-state index is 13.3. The van der Waals surface area contributed by atoms with E-state index in [1.54, 1.807) is 0 Å². The molecule has 1 aromatic carbocycles. The predicted octanol–water partition coefficient (Wildman–Crippen LogP) is 3.43. The average Bonchev–Trinajstić information content (AvgIpc) is 2.26. The van der Waals surface area contributed by atoms with E-state index < -0.39 is 29.7 Å². The summed E-state index contributed by atoms with van der Waals surface area (Å²) < 4.78 is 50.3. The van der Waals surface area contributed by atoms with Gasteiger partial charge in [0, 0.05) is 0 Å². The van der Waals surface area contributed by atoms with Gasteiger partial charge >= 0.3 is 6.18 Å². The zero-order valence-corrected chi connectivity index (χ0v) is 11.1. The molecule has 0 bridgehead atoms. The molecule has 0 aliphatic heterocycles. The van der Waals surface area contributed by atoms with Gasteiger partial charge in [-0.25, -0.2) is 4.39 Å². The van der Waals surface area contributed by atoms with Crippen LogP contribution in [0.5, 0.6) is 0 Å². The van der Waals surface area contributed by atoms with Gasteiger partial charge in [-0.05, 0) is 24.1 Å². The monoisotopic (exact) mass is 301 g/mol. The Morgan fingerprint density at radius 1 is 1.32 bits per heavy atom. The molecule has 0 radical (unpaired) electrons. The van der Waals surface area contributed by atoms with E-state index in [9.17, 15) is 22.7 Å². The Kier molecular flexibility index (Phi) is 6.76. The summed E-state index contributed by atoms with van der Waals surface area (Å²) in [7, 11) is 0. The number of aliphatic hydroxyl groups excluding tert-OH is 1. The highest BCUT2D eigenvalue weighted by atomic mass is 35.5. The first-order valence-corrected chi connectivity index (χ1v) is 5.57. The Morgan fingerprint density at radius 3 is 2.32 bits per heavy atom. The molecule has 1 aromatic rings. The molecule has 2 nitrogen and oxygen atoms in total. The minimum absolute atomic E-state index is 0. The molecular weight excluding hydrogens is 286 g/mol. The molecule has 0 aliphatic rings. The quantitative estimate of drug-likeness (QED) is 0.837. The first kappa shape index (κ1) is 18.1. The molecule has 0 fully saturated rings. The molecule has 110 valence electrons. The summed E-state index contributed by atoms with van der Waals surface area (Å²) in [5.41, 5.74) is 4.48. The molecular formula is C12H16ClF4NO. The van der Waals surface area contributed by atoms with E-state index in [1.807, 2.05) is 6.92 Å². The van der Waals surface area contributed by atoms with Gasteiger partial charge in [-0.2, -0.15) is 13.2 Å². The van der Waals surface area contributed by atoms with Crippen molar-refractivity contribution in [2.45, 2.75) is 38.1 Å². The molecule has 0 spiro atoms. The van der Waals surface area contributed by atoms with E-state index in [-0.39, 0.29) is 18.0 Å². The van der Waals surface area contributed by atoms with Crippen LogP contribution >= 0.6 is 12.4 Å². The fraction of sp³-hybridized carbons (Fsp3) is 0.500. The second kappa shape index (κ2) is 7.07. The molecule has 0 heterocycles. The largest absolute Gasteiger partial charge is 0.419 e. The van der Waals surface area contributed by atoms with Gasteiger partial charge in [0.25, 0.3) is 0 Å². The maximum atomic E-state index is 13.3. The minimum atomic E-state index is -4.73. The SMILES string of the molecule is CCC[C@H](O)[C@H](N)c1ccc(C(F)(F)F)c(F)c1.Cl. The number of aliphatic hydroxyl groups is 1. The van der Waals surface area contributed by atoms with E-state index in [0.717, 1.165) is 12.1 Å². The summed E-state index contributed by atoms with van der Waals surface area (Å²) in [5, 5.41) is 9.62. The van der Waals surface area contributed by atoms with E-state index in [2.05, 4.69) is 0 Å². The van der Waals surface area contributed by atoms with Gasteiger partial charge in [-0.3, -0.25) is 0 Å². The van der Waals surface area contributed by atoms with Crippen LogP contribution in [0.25, 0.3) is 0 Å². The predicted molar refractivity (Wildman–Crippen MR) is 66.5 cm³/mol. The Bertz CT molecular complexity index is 411. The topological polar surface area (TPSA) is 46.2 Å². The molecule has 19 heavy (non-hydrogen) atoms. The van der Waals surface area contributed by atoms with Crippen molar-refractivity contribution < 1.29 is 22.7 Å². The van der Waals surface area contributed by atoms with Crippen molar-refractivity contribution in [3.63, 3.8) is 0 Å². The van der Waals surface area contributed by atoms with Crippen LogP contribution in [0.15, 0.2) is 18.2 Å². The van der Waals surface area contributed by atoms with Crippen molar-refractivity contribution in [1.29, 1.82) is 0 Å². The van der Waals surface area contributed by atoms with Crippen molar-refractivity contribution >= 4 is 12.4 Å². The van der Waals surface area contributed by atoms with Crippen molar-refractivity contribution in [2.24, 2.45) is 5.73 Å². The highest BCUT2D eigenvalue weighted by Gasteiger charge is 2.34. The second-order valence-corrected chi connectivity index (χ2v) is 4.12. The van der Waals surface area contributed by atoms with Gasteiger partial charge in [0.2, 0.25) is 0 Å². The smallest absolute Gasteiger partial charge is 0.391 e. The summed E-state index contributed by atoms with van der Waals surface area (Å²) in [6.45, 7) is 1.84. The number of hydrogen-bond acceptors (Lipinski definition) is 2. The molecule has 0 aliphatic carbocycles. The van der Waals surface area contributed by atoms with Gasteiger partial charge in [-0.1, -0.05) is 19.4 Å². The van der Waals surface area contributed by atoms with Crippen LogP contribution in [-0.4, -0.2) is 11.2 Å². The van der Waals surface area contributed by atoms with Crippen LogP contribution in [0.4, 0.5) is 17.6 Å². The van der Waals surface area contributed by atoms with Crippen LogP contribution in [-0.2, 0) is 6.18 Å². The second-order valence-electron chi connectivity index (χ2n) is 4.12. The fourth-order valence-electron chi connectivity index (χ4n) is 1.67. The van der Waals surface area contributed by atoms with E-state index in [0.29, 0.717) is 18.9 Å². The first-order valence-electron chi connectivity index (χ1n) is 5.57. The lowest BCUT2D eigenvalue weighted by atomic mass is 9.98. The fourth-order valence-corrected chi connectivity index (χ4v) is 1.67. The number of benzene rings is 1. The van der Waals surface area contributed by atoms with Crippen molar-refractivity contribution in [2.75, 3.05) is 0 Å². The molecule has 0 amide bonds. The normalized spacial score (nSPS) is 14.7. The minimum Gasteiger partial charge on any atom is -0.391 e. The number of rotatable bonds is 4. The summed E-state index contributed by atoms with van der Waals surface area (Å²) in [5.74, 6) is -1.38. The molecule has 1 rings (SSSR count). The van der Waals surface area contributed by atoms with Gasteiger partial charge in [-0.15, -0.1) is 12.4 Å². The molecule has 0 aromatic heterocycles. The van der Waals surface area contributed by atoms with Gasteiger partial charge < -0.3 is 10.8 Å². The Hall–Kier alpha value is -0.850. The van der Waals surface area contributed by atoms with Crippen molar-refractivity contribution in [1.82, 2.24) is 0 Å². The van der Waals surface area contributed by atoms with Gasteiger partial charge in [0.15, 0.2) is 0 Å². The zero-order chi connectivity index (χ0) is 13.9. The number of alkyl halides is 3. The third-order valence-electron chi connectivity index (χ3n) is 2.68. The van der Waals surface area contributed by atoms with Crippen LogP contribution in [0.3, 0.4) is 0 Å². The van der Waals surface area contributed by atoms with Crippen LogP contribution in [0, 0.1) is 5.82 Å². The van der Waals surface area contributed by atoms with Crippen molar-refractivity contribution in [3.8, 4) is 0 Å². The highest BCUT2D eigenvalue weighted by molar-refractivity contribution is 5.85. The standard InChI is InChI=1S/C12H15F4NO.ClH/c1-2-3-10(18)11(17)7-4-5-8(9(13)6-7)12(14,15)16;/h4-6,10-11,18H,2-3,17H2,1H3;1H/t10-,11+;/m0./s1. The molecule has 0 unspecified atom stereocenters. The van der Waals surface area contributed by atoms with Crippen LogP contribution < -0.4 is 5.73 Å². The number of halogens is 5. The summed E-state index contributed by atoms with van der Waals surface area (Å²) >= 11 is 0. The summed E-state index contributed by atoms with van der Waals surface area (Å²) in [6, 6.07) is 1.58. The lowest BCUT2D eigenvalue weighted by Crippen LogP contribution is -2.26. The third-order valence-corrected chi connectivity index (χ3v) is 2.68. The lowest BCUT2D eigenvalue weighted by molar-refractivity contribution is -0.140. The van der Waals surface area contributed by atoms with E-state index >= 15 is 0 Å². The molecule has 0 saturated heterocycles.